The molecule has 2 nitrogen and oxygen atoms in total. The molecule has 3 rings (SSSR count). The van der Waals surface area contributed by atoms with Gasteiger partial charge in [0.2, 0.25) is 0 Å². The Morgan fingerprint density at radius 2 is 1.63 bits per heavy atom. The van der Waals surface area contributed by atoms with Crippen molar-refractivity contribution in [3.63, 3.8) is 0 Å². The van der Waals surface area contributed by atoms with Crippen molar-refractivity contribution in [1.82, 2.24) is 9.88 Å². The Bertz CT molecular complexity index is 487. The van der Waals surface area contributed by atoms with Gasteiger partial charge in [0, 0.05) is 18.9 Å². The molecule has 0 spiro atoms. The van der Waals surface area contributed by atoms with Crippen molar-refractivity contribution in [2.45, 2.75) is 25.3 Å². The minimum Gasteiger partial charge on any atom is -0.299 e. The molecule has 0 N–H and O–H groups in total. The van der Waals surface area contributed by atoms with Crippen LogP contribution >= 0.6 is 0 Å². The number of pyridine rings is 1. The second kappa shape index (κ2) is 5.98. The van der Waals surface area contributed by atoms with Gasteiger partial charge in [0.05, 0.1) is 0 Å². The van der Waals surface area contributed by atoms with Crippen LogP contribution in [0.15, 0.2) is 54.9 Å². The zero-order valence-corrected chi connectivity index (χ0v) is 11.2. The second-order valence-corrected chi connectivity index (χ2v) is 5.32. The number of nitrogens with zero attached hydrogens (tertiary/aromatic N) is 2. The average Bonchev–Trinajstić information content (AvgIpc) is 2.50. The maximum Gasteiger partial charge on any atom is 0.0271 e. The van der Waals surface area contributed by atoms with Gasteiger partial charge in [-0.3, -0.25) is 9.88 Å². The van der Waals surface area contributed by atoms with E-state index in [-0.39, 0.29) is 0 Å². The Balaban J connectivity index is 1.55. The Morgan fingerprint density at radius 3 is 2.32 bits per heavy atom. The van der Waals surface area contributed by atoms with Gasteiger partial charge in [-0.15, -0.1) is 0 Å². The lowest BCUT2D eigenvalue weighted by atomic mass is 9.89. The first-order valence-corrected chi connectivity index (χ1v) is 7.08. The topological polar surface area (TPSA) is 16.1 Å². The molecule has 0 unspecified atom stereocenters. The third-order valence-electron chi connectivity index (χ3n) is 4.01. The van der Waals surface area contributed by atoms with Gasteiger partial charge in [-0.05, 0) is 55.1 Å². The first-order valence-electron chi connectivity index (χ1n) is 7.08. The van der Waals surface area contributed by atoms with Crippen molar-refractivity contribution in [2.24, 2.45) is 0 Å². The maximum absolute atomic E-state index is 4.07. The molecule has 98 valence electrons. The summed E-state index contributed by atoms with van der Waals surface area (Å²) in [4.78, 5) is 6.62. The number of piperidine rings is 1. The minimum atomic E-state index is 0.745. The number of likely N-dealkylation sites (tertiary alicyclic amines) is 1. The van der Waals surface area contributed by atoms with Crippen molar-refractivity contribution in [3.8, 4) is 0 Å². The molecule has 1 aliphatic rings. The van der Waals surface area contributed by atoms with Crippen molar-refractivity contribution in [3.05, 3.63) is 66.0 Å². The van der Waals surface area contributed by atoms with Gasteiger partial charge in [0.25, 0.3) is 0 Å². The molecule has 0 atom stereocenters. The molecule has 0 bridgehead atoms. The van der Waals surface area contributed by atoms with E-state index >= 15 is 0 Å². The number of rotatable bonds is 3. The number of hydrogen-bond acceptors (Lipinski definition) is 2. The van der Waals surface area contributed by atoms with Crippen LogP contribution < -0.4 is 0 Å². The van der Waals surface area contributed by atoms with E-state index in [0.717, 1.165) is 12.5 Å². The fourth-order valence-electron chi connectivity index (χ4n) is 2.90. The predicted octanol–water partition coefficient (Wildman–Crippen LogP) is 3.46. The highest BCUT2D eigenvalue weighted by Gasteiger charge is 2.20. The molecule has 2 aromatic rings. The number of aromatic nitrogens is 1. The van der Waals surface area contributed by atoms with Crippen LogP contribution in [0, 0.1) is 0 Å². The molecule has 2 heteroatoms. The molecular weight excluding hydrogens is 232 g/mol. The van der Waals surface area contributed by atoms with Crippen LogP contribution in [0.2, 0.25) is 0 Å². The summed E-state index contributed by atoms with van der Waals surface area (Å²) in [6, 6.07) is 15.2. The zero-order valence-electron chi connectivity index (χ0n) is 11.2. The summed E-state index contributed by atoms with van der Waals surface area (Å²) < 4.78 is 0. The lowest BCUT2D eigenvalue weighted by Crippen LogP contribution is -2.32. The normalized spacial score (nSPS) is 17.5. The van der Waals surface area contributed by atoms with Crippen LogP contribution in [-0.2, 0) is 6.54 Å². The largest absolute Gasteiger partial charge is 0.299 e. The minimum absolute atomic E-state index is 0.745. The van der Waals surface area contributed by atoms with Crippen LogP contribution in [0.4, 0.5) is 0 Å². The lowest BCUT2D eigenvalue weighted by molar-refractivity contribution is 0.204. The van der Waals surface area contributed by atoms with Crippen LogP contribution in [0.1, 0.15) is 29.9 Å². The van der Waals surface area contributed by atoms with E-state index in [9.17, 15) is 0 Å². The molecule has 19 heavy (non-hydrogen) atoms. The van der Waals surface area contributed by atoms with E-state index in [1.807, 2.05) is 12.4 Å². The van der Waals surface area contributed by atoms with Gasteiger partial charge in [0.1, 0.15) is 0 Å². The lowest BCUT2D eigenvalue weighted by Gasteiger charge is -2.32. The molecule has 0 radical (unpaired) electrons. The van der Waals surface area contributed by atoms with E-state index in [1.54, 1.807) is 0 Å². The van der Waals surface area contributed by atoms with Crippen molar-refractivity contribution in [1.29, 1.82) is 0 Å². The third-order valence-corrected chi connectivity index (χ3v) is 4.01. The summed E-state index contributed by atoms with van der Waals surface area (Å²) >= 11 is 0. The van der Waals surface area contributed by atoms with Crippen LogP contribution in [-0.4, -0.2) is 23.0 Å². The summed E-state index contributed by atoms with van der Waals surface area (Å²) in [7, 11) is 0. The fourth-order valence-corrected chi connectivity index (χ4v) is 2.90. The van der Waals surface area contributed by atoms with Crippen LogP contribution in [0.5, 0.6) is 0 Å². The van der Waals surface area contributed by atoms with Gasteiger partial charge in [0.15, 0.2) is 0 Å². The van der Waals surface area contributed by atoms with Crippen LogP contribution in [0.25, 0.3) is 0 Å². The molecule has 1 aliphatic heterocycles. The SMILES string of the molecule is c1ccc(C2CCN(Cc3ccncc3)CC2)cc1. The summed E-state index contributed by atoms with van der Waals surface area (Å²) in [5, 5.41) is 0. The Morgan fingerprint density at radius 1 is 0.947 bits per heavy atom. The summed E-state index contributed by atoms with van der Waals surface area (Å²) in [5.74, 6) is 0.745. The summed E-state index contributed by atoms with van der Waals surface area (Å²) in [5.41, 5.74) is 2.87. The van der Waals surface area contributed by atoms with Gasteiger partial charge in [-0.2, -0.15) is 0 Å². The standard InChI is InChI=1S/C17H20N2/c1-2-4-16(5-3-1)17-8-12-19(13-9-17)14-15-6-10-18-11-7-15/h1-7,10-11,17H,8-9,12-14H2. The third kappa shape index (κ3) is 3.21. The highest BCUT2D eigenvalue weighted by Crippen LogP contribution is 2.28. The Labute approximate surface area is 115 Å². The molecule has 0 aliphatic carbocycles. The van der Waals surface area contributed by atoms with Crippen molar-refractivity contribution >= 4 is 0 Å². The first kappa shape index (κ1) is 12.4. The Kier molecular flexibility index (Phi) is 3.89. The van der Waals surface area contributed by atoms with E-state index in [1.165, 1.54) is 37.1 Å². The Hall–Kier alpha value is -1.67. The molecular formula is C17H20N2. The summed E-state index contributed by atoms with van der Waals surface area (Å²) in [6.07, 6.45) is 6.31. The first-order chi connectivity index (χ1) is 9.42. The van der Waals surface area contributed by atoms with E-state index < -0.39 is 0 Å². The molecule has 1 fully saturated rings. The molecule has 0 saturated carbocycles. The monoisotopic (exact) mass is 252 g/mol. The molecule has 1 saturated heterocycles. The van der Waals surface area contributed by atoms with Crippen LogP contribution in [0.3, 0.4) is 0 Å². The smallest absolute Gasteiger partial charge is 0.0271 e. The molecule has 1 aromatic carbocycles. The van der Waals surface area contributed by atoms with Gasteiger partial charge in [-0.25, -0.2) is 0 Å². The second-order valence-electron chi connectivity index (χ2n) is 5.32. The fraction of sp³-hybridized carbons (Fsp3) is 0.353. The quantitative estimate of drug-likeness (QED) is 0.831. The average molecular weight is 252 g/mol. The van der Waals surface area contributed by atoms with E-state index in [2.05, 4.69) is 52.3 Å². The molecule has 2 heterocycles. The molecule has 0 amide bonds. The maximum atomic E-state index is 4.07. The highest BCUT2D eigenvalue weighted by atomic mass is 15.1. The van der Waals surface area contributed by atoms with Gasteiger partial charge in [-0.1, -0.05) is 30.3 Å². The summed E-state index contributed by atoms with van der Waals surface area (Å²) in [6.45, 7) is 3.45. The van der Waals surface area contributed by atoms with Gasteiger partial charge >= 0.3 is 0 Å². The zero-order chi connectivity index (χ0) is 12.9. The van der Waals surface area contributed by atoms with Crippen molar-refractivity contribution < 1.29 is 0 Å². The predicted molar refractivity (Wildman–Crippen MR) is 77.9 cm³/mol. The highest BCUT2D eigenvalue weighted by molar-refractivity contribution is 5.20. The van der Waals surface area contributed by atoms with E-state index in [4.69, 9.17) is 0 Å². The molecule has 1 aromatic heterocycles. The van der Waals surface area contributed by atoms with E-state index in [0.29, 0.717) is 0 Å². The number of hydrogen-bond donors (Lipinski definition) is 0. The van der Waals surface area contributed by atoms with Gasteiger partial charge < -0.3 is 0 Å². The number of benzene rings is 1. The van der Waals surface area contributed by atoms with Crippen molar-refractivity contribution in [2.75, 3.05) is 13.1 Å².